The molecular weight excluding hydrogens is 326 g/mol. The van der Waals surface area contributed by atoms with E-state index in [0.29, 0.717) is 6.04 Å². The zero-order valence-corrected chi connectivity index (χ0v) is 16.0. The number of rotatable bonds is 5. The van der Waals surface area contributed by atoms with Crippen LogP contribution < -0.4 is 4.90 Å². The lowest BCUT2D eigenvalue weighted by Gasteiger charge is -2.43. The summed E-state index contributed by atoms with van der Waals surface area (Å²) in [5.74, 6) is 0. The molecule has 2 heterocycles. The van der Waals surface area contributed by atoms with Crippen molar-refractivity contribution in [3.63, 3.8) is 0 Å². The van der Waals surface area contributed by atoms with Crippen LogP contribution in [0.2, 0.25) is 0 Å². The third-order valence-electron chi connectivity index (χ3n) is 6.87. The molecule has 3 aliphatic rings. The van der Waals surface area contributed by atoms with E-state index in [-0.39, 0.29) is 11.7 Å². The molecule has 0 radical (unpaired) electrons. The van der Waals surface area contributed by atoms with Gasteiger partial charge in [0, 0.05) is 64.7 Å². The van der Waals surface area contributed by atoms with Crippen LogP contribution in [0.4, 0.5) is 5.69 Å². The van der Waals surface area contributed by atoms with Gasteiger partial charge in [0.05, 0.1) is 11.7 Å². The standard InChI is InChI=1S/C21H33N3O2/c1-26-21-8-7-19(25)17-20(21)24(10-9-21)16-13-22-11-14-23(15-12-22)18-5-3-2-4-6-18/h2-6,19-20,25H,7-17H2,1H3/t19-,20+,21-/m0/s1. The van der Waals surface area contributed by atoms with Crippen LogP contribution >= 0.6 is 0 Å². The van der Waals surface area contributed by atoms with Gasteiger partial charge in [0.1, 0.15) is 0 Å². The molecule has 1 aliphatic carbocycles. The molecule has 0 unspecified atom stereocenters. The number of para-hydroxylation sites is 1. The van der Waals surface area contributed by atoms with Gasteiger partial charge in [-0.25, -0.2) is 0 Å². The third kappa shape index (κ3) is 3.63. The van der Waals surface area contributed by atoms with Crippen LogP contribution in [0.5, 0.6) is 0 Å². The predicted molar refractivity (Wildman–Crippen MR) is 105 cm³/mol. The van der Waals surface area contributed by atoms with Crippen molar-refractivity contribution in [2.75, 3.05) is 57.8 Å². The summed E-state index contributed by atoms with van der Waals surface area (Å²) in [7, 11) is 1.86. The number of hydrogen-bond acceptors (Lipinski definition) is 5. The Morgan fingerprint density at radius 2 is 1.81 bits per heavy atom. The Labute approximate surface area is 157 Å². The first-order valence-corrected chi connectivity index (χ1v) is 10.2. The van der Waals surface area contributed by atoms with Crippen LogP contribution in [0.15, 0.2) is 30.3 Å². The number of aliphatic hydroxyl groups excluding tert-OH is 1. The molecule has 3 atom stereocenters. The zero-order valence-electron chi connectivity index (χ0n) is 16.0. The van der Waals surface area contributed by atoms with Gasteiger partial charge in [0.2, 0.25) is 0 Å². The average Bonchev–Trinajstić information content (AvgIpc) is 3.06. The van der Waals surface area contributed by atoms with E-state index >= 15 is 0 Å². The van der Waals surface area contributed by atoms with Gasteiger partial charge in [-0.05, 0) is 37.8 Å². The Balaban J connectivity index is 1.27. The minimum Gasteiger partial charge on any atom is -0.393 e. The minimum atomic E-state index is -0.154. The number of benzene rings is 1. The molecular formula is C21H33N3O2. The van der Waals surface area contributed by atoms with Crippen molar-refractivity contribution in [1.29, 1.82) is 0 Å². The number of anilines is 1. The summed E-state index contributed by atoms with van der Waals surface area (Å²) in [6, 6.07) is 11.1. The van der Waals surface area contributed by atoms with Crippen molar-refractivity contribution < 1.29 is 9.84 Å². The Kier molecular flexibility index (Phi) is 5.50. The van der Waals surface area contributed by atoms with Crippen LogP contribution in [0, 0.1) is 0 Å². The number of methoxy groups -OCH3 is 1. The minimum absolute atomic E-state index is 0.00869. The summed E-state index contributed by atoms with van der Waals surface area (Å²) in [4.78, 5) is 7.65. The van der Waals surface area contributed by atoms with E-state index < -0.39 is 0 Å². The van der Waals surface area contributed by atoms with Gasteiger partial charge in [0.15, 0.2) is 0 Å². The van der Waals surface area contributed by atoms with Gasteiger partial charge < -0.3 is 14.7 Å². The van der Waals surface area contributed by atoms with E-state index in [1.54, 1.807) is 0 Å². The van der Waals surface area contributed by atoms with Crippen molar-refractivity contribution in [2.24, 2.45) is 0 Å². The van der Waals surface area contributed by atoms with Gasteiger partial charge in [-0.15, -0.1) is 0 Å². The highest BCUT2D eigenvalue weighted by molar-refractivity contribution is 5.46. The molecule has 144 valence electrons. The van der Waals surface area contributed by atoms with Crippen LogP contribution in [-0.2, 0) is 4.74 Å². The Bertz CT molecular complexity index is 576. The first-order valence-electron chi connectivity index (χ1n) is 10.2. The fraction of sp³-hybridized carbons (Fsp3) is 0.714. The van der Waals surface area contributed by atoms with Gasteiger partial charge in [-0.2, -0.15) is 0 Å². The zero-order chi connectivity index (χ0) is 18.0. The summed E-state index contributed by atoms with van der Waals surface area (Å²) < 4.78 is 5.96. The lowest BCUT2D eigenvalue weighted by molar-refractivity contribution is -0.0873. The molecule has 2 aliphatic heterocycles. The maximum atomic E-state index is 10.1. The molecule has 0 bridgehead atoms. The summed E-state index contributed by atoms with van der Waals surface area (Å²) in [6.45, 7) is 7.79. The molecule has 5 heteroatoms. The summed E-state index contributed by atoms with van der Waals surface area (Å²) in [6.07, 6.45) is 3.72. The van der Waals surface area contributed by atoms with Crippen LogP contribution in [0.25, 0.3) is 0 Å². The molecule has 0 spiro atoms. The van der Waals surface area contributed by atoms with E-state index in [1.165, 1.54) is 5.69 Å². The number of hydrogen-bond donors (Lipinski definition) is 1. The average molecular weight is 360 g/mol. The molecule has 0 aromatic heterocycles. The number of aliphatic hydroxyl groups is 1. The molecule has 0 amide bonds. The fourth-order valence-electron chi connectivity index (χ4n) is 5.18. The highest BCUT2D eigenvalue weighted by Gasteiger charge is 2.50. The maximum Gasteiger partial charge on any atom is 0.0847 e. The fourth-order valence-corrected chi connectivity index (χ4v) is 5.18. The number of ether oxygens (including phenoxy) is 1. The Morgan fingerprint density at radius 1 is 1.04 bits per heavy atom. The van der Waals surface area contributed by atoms with Crippen molar-refractivity contribution >= 4 is 5.69 Å². The van der Waals surface area contributed by atoms with E-state index in [4.69, 9.17) is 4.74 Å². The number of piperazine rings is 1. The lowest BCUT2D eigenvalue weighted by Crippen LogP contribution is -2.53. The molecule has 1 saturated carbocycles. The Hall–Kier alpha value is -1.14. The van der Waals surface area contributed by atoms with Gasteiger partial charge in [-0.3, -0.25) is 9.80 Å². The number of nitrogens with zero attached hydrogens (tertiary/aromatic N) is 3. The maximum absolute atomic E-state index is 10.1. The lowest BCUT2D eigenvalue weighted by atomic mass is 9.79. The summed E-state index contributed by atoms with van der Waals surface area (Å²) in [5.41, 5.74) is 1.33. The monoisotopic (exact) mass is 359 g/mol. The number of fused-ring (bicyclic) bond motifs is 1. The third-order valence-corrected chi connectivity index (χ3v) is 6.87. The molecule has 3 fully saturated rings. The summed E-state index contributed by atoms with van der Waals surface area (Å²) >= 11 is 0. The van der Waals surface area contributed by atoms with E-state index in [9.17, 15) is 5.11 Å². The van der Waals surface area contributed by atoms with Crippen LogP contribution in [0.3, 0.4) is 0 Å². The van der Waals surface area contributed by atoms with E-state index in [0.717, 1.165) is 71.5 Å². The van der Waals surface area contributed by atoms with E-state index in [1.807, 2.05) is 7.11 Å². The summed E-state index contributed by atoms with van der Waals surface area (Å²) in [5, 5.41) is 10.1. The van der Waals surface area contributed by atoms with Gasteiger partial charge in [0.25, 0.3) is 0 Å². The molecule has 1 aromatic rings. The first-order chi connectivity index (χ1) is 12.7. The number of likely N-dealkylation sites (tertiary alicyclic amines) is 1. The highest BCUT2D eigenvalue weighted by atomic mass is 16.5. The van der Waals surface area contributed by atoms with Crippen LogP contribution in [0.1, 0.15) is 25.7 Å². The smallest absolute Gasteiger partial charge is 0.0847 e. The molecule has 1 N–H and O–H groups in total. The van der Waals surface area contributed by atoms with Crippen molar-refractivity contribution in [2.45, 2.75) is 43.4 Å². The quantitative estimate of drug-likeness (QED) is 0.868. The second-order valence-electron chi connectivity index (χ2n) is 8.16. The second kappa shape index (κ2) is 7.85. The normalized spacial score (nSPS) is 33.4. The first kappa shape index (κ1) is 18.2. The molecule has 26 heavy (non-hydrogen) atoms. The van der Waals surface area contributed by atoms with Crippen LogP contribution in [-0.4, -0.2) is 85.6 Å². The van der Waals surface area contributed by atoms with Crippen molar-refractivity contribution in [1.82, 2.24) is 9.80 Å². The molecule has 5 nitrogen and oxygen atoms in total. The van der Waals surface area contributed by atoms with Gasteiger partial charge >= 0.3 is 0 Å². The van der Waals surface area contributed by atoms with E-state index in [2.05, 4.69) is 45.0 Å². The molecule has 1 aromatic carbocycles. The highest BCUT2D eigenvalue weighted by Crippen LogP contribution is 2.42. The topological polar surface area (TPSA) is 39.2 Å². The van der Waals surface area contributed by atoms with Crippen molar-refractivity contribution in [3.05, 3.63) is 30.3 Å². The molecule has 2 saturated heterocycles. The Morgan fingerprint density at radius 3 is 2.54 bits per heavy atom. The second-order valence-corrected chi connectivity index (χ2v) is 8.16. The predicted octanol–water partition coefficient (Wildman–Crippen LogP) is 1.81. The molecule has 4 rings (SSSR count). The van der Waals surface area contributed by atoms with Crippen molar-refractivity contribution in [3.8, 4) is 0 Å². The SMILES string of the molecule is CO[C@]12CC[C@H](O)C[C@H]1N(CCN1CCN(c3ccccc3)CC1)CC2. The largest absolute Gasteiger partial charge is 0.393 e. The van der Waals surface area contributed by atoms with Gasteiger partial charge in [-0.1, -0.05) is 18.2 Å².